The average molecular weight is 452 g/mol. The molecule has 1 saturated carbocycles. The smallest absolute Gasteiger partial charge is 0.254 e. The molecule has 1 heterocycles. The zero-order chi connectivity index (χ0) is 19.3. The van der Waals surface area contributed by atoms with Crippen LogP contribution >= 0.6 is 27.5 Å². The maximum absolute atomic E-state index is 12.7. The fourth-order valence-electron chi connectivity index (χ4n) is 4.21. The van der Waals surface area contributed by atoms with Gasteiger partial charge >= 0.3 is 0 Å². The van der Waals surface area contributed by atoms with Gasteiger partial charge in [-0.1, -0.05) is 30.7 Å². The van der Waals surface area contributed by atoms with Crippen molar-refractivity contribution < 1.29 is 14.3 Å². The first-order valence-corrected chi connectivity index (χ1v) is 10.3. The van der Waals surface area contributed by atoms with Gasteiger partial charge in [-0.05, 0) is 59.7 Å². The van der Waals surface area contributed by atoms with Crippen molar-refractivity contribution in [2.45, 2.75) is 32.8 Å². The Morgan fingerprint density at radius 3 is 2.52 bits per heavy atom. The molecule has 142 valence electrons. The van der Waals surface area contributed by atoms with Crippen LogP contribution in [-0.2, 0) is 9.59 Å². The van der Waals surface area contributed by atoms with Gasteiger partial charge in [-0.15, -0.1) is 0 Å². The third-order valence-corrected chi connectivity index (χ3v) is 6.50. The van der Waals surface area contributed by atoms with Crippen LogP contribution in [0.4, 0.5) is 0 Å². The standard InChI is InChI=1S/C20H20BrClN2O3/c1-3-10(2)27-18-13(7-14(22)8-15(18)21)9-23-24-19(25)16-11-4-5-12(6-11)17(16)20(24)26/h4-5,7-12,16-17H,3,6H2,1-2H3/t10-,11-,12-,16-,17+/m0/s1. The van der Waals surface area contributed by atoms with Crippen LogP contribution in [0.25, 0.3) is 0 Å². The first-order chi connectivity index (χ1) is 12.9. The number of carbonyl (C=O) groups excluding carboxylic acids is 2. The van der Waals surface area contributed by atoms with Gasteiger partial charge in [-0.2, -0.15) is 10.1 Å². The second-order valence-corrected chi connectivity index (χ2v) is 8.67. The lowest BCUT2D eigenvalue weighted by Crippen LogP contribution is -2.28. The Bertz CT molecular complexity index is 839. The minimum Gasteiger partial charge on any atom is -0.489 e. The quantitative estimate of drug-likeness (QED) is 0.378. The van der Waals surface area contributed by atoms with Crippen LogP contribution in [0.2, 0.25) is 5.02 Å². The number of hydrogen-bond acceptors (Lipinski definition) is 4. The summed E-state index contributed by atoms with van der Waals surface area (Å²) in [7, 11) is 0. The number of hydrazone groups is 1. The molecule has 7 heteroatoms. The number of allylic oxidation sites excluding steroid dienone is 2. The topological polar surface area (TPSA) is 59.0 Å². The van der Waals surface area contributed by atoms with Gasteiger partial charge < -0.3 is 4.74 Å². The summed E-state index contributed by atoms with van der Waals surface area (Å²) in [6.45, 7) is 4.00. The molecule has 0 radical (unpaired) electrons. The van der Waals surface area contributed by atoms with Crippen molar-refractivity contribution in [1.29, 1.82) is 0 Å². The maximum Gasteiger partial charge on any atom is 0.254 e. The molecule has 1 saturated heterocycles. The monoisotopic (exact) mass is 450 g/mol. The number of halogens is 2. The van der Waals surface area contributed by atoms with E-state index < -0.39 is 0 Å². The van der Waals surface area contributed by atoms with Gasteiger partial charge in [0.25, 0.3) is 11.8 Å². The van der Waals surface area contributed by atoms with E-state index in [1.54, 1.807) is 12.1 Å². The Morgan fingerprint density at radius 2 is 1.93 bits per heavy atom. The Morgan fingerprint density at radius 1 is 1.30 bits per heavy atom. The van der Waals surface area contributed by atoms with E-state index in [1.165, 1.54) is 6.21 Å². The van der Waals surface area contributed by atoms with Gasteiger partial charge in [-0.25, -0.2) is 0 Å². The van der Waals surface area contributed by atoms with Crippen molar-refractivity contribution in [2.75, 3.05) is 0 Å². The summed E-state index contributed by atoms with van der Waals surface area (Å²) < 4.78 is 6.68. The fraction of sp³-hybridized carbons (Fsp3) is 0.450. The first kappa shape index (κ1) is 18.7. The number of rotatable bonds is 5. The molecule has 0 unspecified atom stereocenters. The van der Waals surface area contributed by atoms with E-state index in [1.807, 2.05) is 13.8 Å². The summed E-state index contributed by atoms with van der Waals surface area (Å²) in [4.78, 5) is 25.5. The van der Waals surface area contributed by atoms with Crippen LogP contribution in [0.1, 0.15) is 32.3 Å². The highest BCUT2D eigenvalue weighted by atomic mass is 79.9. The lowest BCUT2D eigenvalue weighted by molar-refractivity contribution is -0.140. The van der Waals surface area contributed by atoms with Gasteiger partial charge in [0.05, 0.1) is 28.6 Å². The molecule has 1 aromatic carbocycles. The van der Waals surface area contributed by atoms with Crippen LogP contribution in [0, 0.1) is 23.7 Å². The predicted octanol–water partition coefficient (Wildman–Crippen LogP) is 4.42. The second kappa shape index (κ2) is 7.06. The molecular formula is C20H20BrClN2O3. The number of imide groups is 1. The fourth-order valence-corrected chi connectivity index (χ4v) is 5.13. The molecule has 5 atom stereocenters. The minimum absolute atomic E-state index is 0.00531. The van der Waals surface area contributed by atoms with Gasteiger partial charge in [-0.3, -0.25) is 9.59 Å². The van der Waals surface area contributed by atoms with E-state index in [2.05, 4.69) is 33.2 Å². The van der Waals surface area contributed by atoms with Crippen molar-refractivity contribution in [1.82, 2.24) is 5.01 Å². The average Bonchev–Trinajstić information content (AvgIpc) is 3.30. The summed E-state index contributed by atoms with van der Waals surface area (Å²) >= 11 is 9.64. The number of nitrogens with zero attached hydrogens (tertiary/aromatic N) is 2. The van der Waals surface area contributed by atoms with Crippen molar-refractivity contribution >= 4 is 45.6 Å². The Kier molecular flexibility index (Phi) is 4.89. The normalized spacial score (nSPS) is 29.9. The molecule has 0 aromatic heterocycles. The largest absolute Gasteiger partial charge is 0.489 e. The maximum atomic E-state index is 12.7. The molecule has 2 fully saturated rings. The predicted molar refractivity (Wildman–Crippen MR) is 107 cm³/mol. The zero-order valence-electron chi connectivity index (χ0n) is 15.1. The van der Waals surface area contributed by atoms with E-state index in [0.29, 0.717) is 20.8 Å². The van der Waals surface area contributed by atoms with Crippen molar-refractivity contribution in [3.05, 3.63) is 39.3 Å². The molecule has 2 amide bonds. The third kappa shape index (κ3) is 3.13. The van der Waals surface area contributed by atoms with Crippen LogP contribution in [0.3, 0.4) is 0 Å². The lowest BCUT2D eigenvalue weighted by Gasteiger charge is -2.17. The van der Waals surface area contributed by atoms with E-state index in [-0.39, 0.29) is 41.6 Å². The molecule has 2 aliphatic carbocycles. The Labute approximate surface area is 171 Å². The lowest BCUT2D eigenvalue weighted by atomic mass is 9.85. The Hall–Kier alpha value is -1.66. The van der Waals surface area contributed by atoms with E-state index in [0.717, 1.165) is 17.9 Å². The molecule has 5 nitrogen and oxygen atoms in total. The van der Waals surface area contributed by atoms with Gasteiger partial charge in [0.1, 0.15) is 5.75 Å². The molecule has 4 rings (SSSR count). The molecule has 1 aromatic rings. The van der Waals surface area contributed by atoms with Crippen molar-refractivity contribution in [2.24, 2.45) is 28.8 Å². The third-order valence-electron chi connectivity index (χ3n) is 5.69. The molecule has 0 spiro atoms. The van der Waals surface area contributed by atoms with Crippen LogP contribution in [0.15, 0.2) is 33.9 Å². The number of fused-ring (bicyclic) bond motifs is 5. The summed E-state index contributed by atoms with van der Waals surface area (Å²) in [6.07, 6.45) is 7.37. The van der Waals surface area contributed by atoms with Crippen molar-refractivity contribution in [3.63, 3.8) is 0 Å². The Balaban J connectivity index is 1.62. The van der Waals surface area contributed by atoms with E-state index in [9.17, 15) is 9.59 Å². The SMILES string of the molecule is CC[C@H](C)Oc1c(Br)cc(Cl)cc1C=NN1C(=O)[C@@H]2[C@H](C1=O)[C@H]1C=C[C@H]2C1. The molecule has 2 bridgehead atoms. The number of benzene rings is 1. The molecule has 1 aliphatic heterocycles. The van der Waals surface area contributed by atoms with Crippen molar-refractivity contribution in [3.8, 4) is 5.75 Å². The number of amides is 2. The summed E-state index contributed by atoms with van der Waals surface area (Å²) in [5.74, 6) is 0.00592. The van der Waals surface area contributed by atoms with Crippen LogP contribution < -0.4 is 4.74 Å². The van der Waals surface area contributed by atoms with Crippen LogP contribution in [0.5, 0.6) is 5.75 Å². The summed E-state index contributed by atoms with van der Waals surface area (Å²) in [6, 6.07) is 3.46. The molecule has 0 N–H and O–H groups in total. The minimum atomic E-state index is -0.258. The molecule has 27 heavy (non-hydrogen) atoms. The highest BCUT2D eigenvalue weighted by Gasteiger charge is 2.59. The van der Waals surface area contributed by atoms with Gasteiger partial charge in [0, 0.05) is 10.6 Å². The zero-order valence-corrected chi connectivity index (χ0v) is 17.4. The van der Waals surface area contributed by atoms with Crippen LogP contribution in [-0.4, -0.2) is 29.1 Å². The molecular weight excluding hydrogens is 432 g/mol. The highest BCUT2D eigenvalue weighted by molar-refractivity contribution is 9.10. The van der Waals surface area contributed by atoms with Gasteiger partial charge in [0.2, 0.25) is 0 Å². The highest BCUT2D eigenvalue weighted by Crippen LogP contribution is 2.52. The van der Waals surface area contributed by atoms with E-state index >= 15 is 0 Å². The second-order valence-electron chi connectivity index (χ2n) is 7.38. The van der Waals surface area contributed by atoms with E-state index in [4.69, 9.17) is 16.3 Å². The number of ether oxygens (including phenoxy) is 1. The number of carbonyl (C=O) groups is 2. The first-order valence-electron chi connectivity index (χ1n) is 9.16. The summed E-state index contributed by atoms with van der Waals surface area (Å²) in [5.41, 5.74) is 0.619. The van der Waals surface area contributed by atoms with Gasteiger partial charge in [0.15, 0.2) is 0 Å². The summed E-state index contributed by atoms with van der Waals surface area (Å²) in [5, 5.41) is 5.78. The number of hydrogen-bond donors (Lipinski definition) is 0. The molecule has 3 aliphatic rings.